The summed E-state index contributed by atoms with van der Waals surface area (Å²) in [7, 11) is 0. The van der Waals surface area contributed by atoms with Gasteiger partial charge in [-0.25, -0.2) is 9.78 Å². The molecule has 0 spiro atoms. The topological polar surface area (TPSA) is 67.2 Å². The number of anilines is 1. The first-order valence-corrected chi connectivity index (χ1v) is 6.20. The van der Waals surface area contributed by atoms with E-state index in [1.807, 2.05) is 23.8 Å². The third-order valence-electron chi connectivity index (χ3n) is 2.87. The minimum atomic E-state index is -0.905. The maximum Gasteiger partial charge on any atom is 0.337 e. The van der Waals surface area contributed by atoms with Gasteiger partial charge in [0, 0.05) is 31.2 Å². The number of aromatic carboxylic acids is 1. The maximum absolute atomic E-state index is 11.1. The molecule has 0 aliphatic heterocycles. The highest BCUT2D eigenvalue weighted by atomic mass is 16.4. The number of benzene rings is 1. The SMILES string of the molecule is Cc1ccc(C(=O)O)c(NCCCn2ccnc2)c1. The van der Waals surface area contributed by atoms with Crippen LogP contribution in [0.15, 0.2) is 36.9 Å². The van der Waals surface area contributed by atoms with Crippen LogP contribution in [0.3, 0.4) is 0 Å². The molecule has 0 fully saturated rings. The van der Waals surface area contributed by atoms with E-state index < -0.39 is 5.97 Å². The van der Waals surface area contributed by atoms with Crippen LogP contribution < -0.4 is 5.32 Å². The molecule has 0 saturated carbocycles. The van der Waals surface area contributed by atoms with Crippen molar-refractivity contribution >= 4 is 11.7 Å². The Bertz CT molecular complexity index is 550. The molecule has 0 amide bonds. The van der Waals surface area contributed by atoms with Crippen LogP contribution in [-0.2, 0) is 6.54 Å². The first-order valence-electron chi connectivity index (χ1n) is 6.20. The zero-order valence-corrected chi connectivity index (χ0v) is 10.8. The fourth-order valence-corrected chi connectivity index (χ4v) is 1.89. The molecule has 1 aromatic heterocycles. The van der Waals surface area contributed by atoms with E-state index in [0.717, 1.165) is 25.1 Å². The fourth-order valence-electron chi connectivity index (χ4n) is 1.89. The molecular formula is C14H17N3O2. The van der Waals surface area contributed by atoms with Gasteiger partial charge in [0.1, 0.15) is 0 Å². The maximum atomic E-state index is 11.1. The summed E-state index contributed by atoms with van der Waals surface area (Å²) in [6, 6.07) is 5.30. The molecule has 2 aromatic rings. The van der Waals surface area contributed by atoms with Gasteiger partial charge < -0.3 is 15.0 Å². The van der Waals surface area contributed by atoms with Crippen molar-refractivity contribution in [1.82, 2.24) is 9.55 Å². The molecular weight excluding hydrogens is 242 g/mol. The Labute approximate surface area is 111 Å². The van der Waals surface area contributed by atoms with E-state index in [0.29, 0.717) is 11.3 Å². The molecule has 5 nitrogen and oxygen atoms in total. The summed E-state index contributed by atoms with van der Waals surface area (Å²) in [6.45, 7) is 3.53. The number of nitrogens with one attached hydrogen (secondary N) is 1. The molecule has 0 aliphatic carbocycles. The third kappa shape index (κ3) is 3.58. The molecule has 1 heterocycles. The molecule has 100 valence electrons. The predicted molar refractivity (Wildman–Crippen MR) is 73.5 cm³/mol. The number of imidazole rings is 1. The van der Waals surface area contributed by atoms with Crippen molar-refractivity contribution in [2.75, 3.05) is 11.9 Å². The van der Waals surface area contributed by atoms with E-state index >= 15 is 0 Å². The molecule has 0 aliphatic rings. The van der Waals surface area contributed by atoms with Gasteiger partial charge in [0.25, 0.3) is 0 Å². The summed E-state index contributed by atoms with van der Waals surface area (Å²) >= 11 is 0. The number of carboxylic acid groups (broad SMARTS) is 1. The highest BCUT2D eigenvalue weighted by molar-refractivity contribution is 5.94. The highest BCUT2D eigenvalue weighted by Crippen LogP contribution is 2.17. The summed E-state index contributed by atoms with van der Waals surface area (Å²) in [5, 5.41) is 12.3. The van der Waals surface area contributed by atoms with E-state index in [9.17, 15) is 4.79 Å². The number of hydrogen-bond donors (Lipinski definition) is 2. The smallest absolute Gasteiger partial charge is 0.337 e. The zero-order valence-electron chi connectivity index (χ0n) is 10.8. The number of carboxylic acids is 1. The Hall–Kier alpha value is -2.30. The lowest BCUT2D eigenvalue weighted by molar-refractivity contribution is 0.0698. The van der Waals surface area contributed by atoms with E-state index in [4.69, 9.17) is 5.11 Å². The Morgan fingerprint density at radius 3 is 3.00 bits per heavy atom. The van der Waals surface area contributed by atoms with Crippen molar-refractivity contribution in [2.24, 2.45) is 0 Å². The molecule has 19 heavy (non-hydrogen) atoms. The van der Waals surface area contributed by atoms with Crippen LogP contribution in [0.2, 0.25) is 0 Å². The van der Waals surface area contributed by atoms with Gasteiger partial charge in [-0.15, -0.1) is 0 Å². The lowest BCUT2D eigenvalue weighted by Gasteiger charge is -2.10. The summed E-state index contributed by atoms with van der Waals surface area (Å²) in [5.74, 6) is -0.905. The normalized spacial score (nSPS) is 10.4. The quantitative estimate of drug-likeness (QED) is 0.782. The van der Waals surface area contributed by atoms with E-state index in [2.05, 4.69) is 10.3 Å². The zero-order chi connectivity index (χ0) is 13.7. The van der Waals surface area contributed by atoms with Gasteiger partial charge in [-0.3, -0.25) is 0 Å². The van der Waals surface area contributed by atoms with Crippen molar-refractivity contribution in [3.63, 3.8) is 0 Å². The number of rotatable bonds is 6. The van der Waals surface area contributed by atoms with Crippen LogP contribution in [0, 0.1) is 6.92 Å². The first kappa shape index (κ1) is 13.1. The second-order valence-corrected chi connectivity index (χ2v) is 4.44. The molecule has 5 heteroatoms. The summed E-state index contributed by atoms with van der Waals surface area (Å²) in [5.41, 5.74) is 2.04. The van der Waals surface area contributed by atoms with Gasteiger partial charge in [-0.05, 0) is 31.0 Å². The van der Waals surface area contributed by atoms with Crippen LogP contribution in [0.25, 0.3) is 0 Å². The molecule has 0 saturated heterocycles. The first-order chi connectivity index (χ1) is 9.16. The number of hydrogen-bond acceptors (Lipinski definition) is 3. The standard InChI is InChI=1S/C14H17N3O2/c1-11-3-4-12(14(18)19)13(9-11)16-5-2-7-17-8-6-15-10-17/h3-4,6,8-10,16H,2,5,7H2,1H3,(H,18,19). The van der Waals surface area contributed by atoms with Gasteiger partial charge in [-0.1, -0.05) is 6.07 Å². The lowest BCUT2D eigenvalue weighted by Crippen LogP contribution is -2.09. The summed E-state index contributed by atoms with van der Waals surface area (Å²) < 4.78 is 2.00. The molecule has 1 aromatic carbocycles. The Kier molecular flexibility index (Phi) is 4.18. The van der Waals surface area contributed by atoms with Gasteiger partial charge >= 0.3 is 5.97 Å². The second kappa shape index (κ2) is 6.04. The average molecular weight is 259 g/mol. The molecule has 0 unspecified atom stereocenters. The number of aryl methyl sites for hydroxylation is 2. The minimum absolute atomic E-state index is 0.313. The Morgan fingerprint density at radius 2 is 2.32 bits per heavy atom. The summed E-state index contributed by atoms with van der Waals surface area (Å²) in [6.07, 6.45) is 6.34. The van der Waals surface area contributed by atoms with Crippen LogP contribution in [0.4, 0.5) is 5.69 Å². The molecule has 2 N–H and O–H groups in total. The lowest BCUT2D eigenvalue weighted by atomic mass is 10.1. The Morgan fingerprint density at radius 1 is 1.47 bits per heavy atom. The summed E-state index contributed by atoms with van der Waals surface area (Å²) in [4.78, 5) is 15.1. The van der Waals surface area contributed by atoms with E-state index in [1.165, 1.54) is 0 Å². The number of aromatic nitrogens is 2. The van der Waals surface area contributed by atoms with Crippen LogP contribution in [-0.4, -0.2) is 27.2 Å². The van der Waals surface area contributed by atoms with E-state index in [-0.39, 0.29) is 0 Å². The highest BCUT2D eigenvalue weighted by Gasteiger charge is 2.09. The van der Waals surface area contributed by atoms with Crippen LogP contribution >= 0.6 is 0 Å². The Balaban J connectivity index is 1.91. The number of carbonyl (C=O) groups is 1. The molecule has 0 bridgehead atoms. The van der Waals surface area contributed by atoms with Gasteiger partial charge in [-0.2, -0.15) is 0 Å². The van der Waals surface area contributed by atoms with Crippen molar-refractivity contribution in [2.45, 2.75) is 19.9 Å². The monoisotopic (exact) mass is 259 g/mol. The number of nitrogens with zero attached hydrogens (tertiary/aromatic N) is 2. The van der Waals surface area contributed by atoms with Gasteiger partial charge in [0.15, 0.2) is 0 Å². The largest absolute Gasteiger partial charge is 0.478 e. The van der Waals surface area contributed by atoms with E-state index in [1.54, 1.807) is 24.7 Å². The van der Waals surface area contributed by atoms with Crippen LogP contribution in [0.1, 0.15) is 22.3 Å². The van der Waals surface area contributed by atoms with Gasteiger partial charge in [0.2, 0.25) is 0 Å². The fraction of sp³-hybridized carbons (Fsp3) is 0.286. The van der Waals surface area contributed by atoms with Gasteiger partial charge in [0.05, 0.1) is 11.9 Å². The van der Waals surface area contributed by atoms with Crippen molar-refractivity contribution in [3.05, 3.63) is 48.0 Å². The molecule has 0 radical (unpaired) electrons. The third-order valence-corrected chi connectivity index (χ3v) is 2.87. The van der Waals surface area contributed by atoms with Crippen molar-refractivity contribution < 1.29 is 9.90 Å². The van der Waals surface area contributed by atoms with Crippen LogP contribution in [0.5, 0.6) is 0 Å². The average Bonchev–Trinajstić information content (AvgIpc) is 2.87. The minimum Gasteiger partial charge on any atom is -0.478 e. The second-order valence-electron chi connectivity index (χ2n) is 4.44. The predicted octanol–water partition coefficient (Wildman–Crippen LogP) is 2.39. The molecule has 0 atom stereocenters. The van der Waals surface area contributed by atoms with Crippen molar-refractivity contribution in [3.8, 4) is 0 Å². The van der Waals surface area contributed by atoms with Crippen molar-refractivity contribution in [1.29, 1.82) is 0 Å². The molecule has 2 rings (SSSR count).